The molecule has 3 rings (SSSR count). The van der Waals surface area contributed by atoms with Crippen LogP contribution in [0, 0.1) is 6.92 Å². The van der Waals surface area contributed by atoms with Crippen LogP contribution in [0.15, 0.2) is 11.0 Å². The van der Waals surface area contributed by atoms with Gasteiger partial charge in [0.25, 0.3) is 5.56 Å². The van der Waals surface area contributed by atoms with Crippen LogP contribution in [0.3, 0.4) is 0 Å². The molecule has 24 heavy (non-hydrogen) atoms. The Labute approximate surface area is 136 Å². The Morgan fingerprint density at radius 3 is 2.75 bits per heavy atom. The van der Waals surface area contributed by atoms with Gasteiger partial charge in [0.1, 0.15) is 0 Å². The minimum Gasteiger partial charge on any atom is -0.303 e. The maximum absolute atomic E-state index is 12.7. The number of hydrogen-bond acceptors (Lipinski definition) is 4. The maximum atomic E-state index is 12.7. The minimum atomic E-state index is -4.64. The summed E-state index contributed by atoms with van der Waals surface area (Å²) in [5.74, 6) is -1.22. The maximum Gasteiger partial charge on any atom is 0.449 e. The number of alkyl halides is 3. The Hall–Kier alpha value is -2.16. The summed E-state index contributed by atoms with van der Waals surface area (Å²) in [6, 6.07) is 0. The number of aryl methyl sites for hydroxylation is 2. The quantitative estimate of drug-likeness (QED) is 0.926. The zero-order chi connectivity index (χ0) is 17.5. The van der Waals surface area contributed by atoms with Gasteiger partial charge in [-0.2, -0.15) is 18.3 Å². The third-order valence-electron chi connectivity index (χ3n) is 4.18. The van der Waals surface area contributed by atoms with Gasteiger partial charge in [-0.15, -0.1) is 0 Å². The fourth-order valence-electron chi connectivity index (χ4n) is 2.87. The van der Waals surface area contributed by atoms with Crippen LogP contribution in [-0.2, 0) is 32.2 Å². The summed E-state index contributed by atoms with van der Waals surface area (Å²) in [5, 5.41) is 4.38. The number of H-pyrrole nitrogens is 1. The highest BCUT2D eigenvalue weighted by atomic mass is 19.4. The van der Waals surface area contributed by atoms with E-state index in [2.05, 4.69) is 10.1 Å². The monoisotopic (exact) mass is 341 g/mol. The third kappa shape index (κ3) is 3.21. The van der Waals surface area contributed by atoms with Gasteiger partial charge in [0.15, 0.2) is 0 Å². The van der Waals surface area contributed by atoms with Crippen molar-refractivity contribution in [3.05, 3.63) is 44.9 Å². The van der Waals surface area contributed by atoms with Gasteiger partial charge in [0, 0.05) is 44.4 Å². The van der Waals surface area contributed by atoms with Gasteiger partial charge >= 0.3 is 6.18 Å². The number of aromatic nitrogens is 4. The molecule has 0 spiro atoms. The minimum absolute atomic E-state index is 0.239. The summed E-state index contributed by atoms with van der Waals surface area (Å²) in [6.07, 6.45) is -2.36. The number of hydrogen-bond donors (Lipinski definition) is 1. The fraction of sp³-hybridized carbons (Fsp3) is 0.533. The smallest absolute Gasteiger partial charge is 0.303 e. The molecule has 0 atom stereocenters. The van der Waals surface area contributed by atoms with Crippen LogP contribution in [0.5, 0.6) is 0 Å². The van der Waals surface area contributed by atoms with Crippen molar-refractivity contribution < 1.29 is 13.2 Å². The lowest BCUT2D eigenvalue weighted by molar-refractivity contribution is -0.145. The van der Waals surface area contributed by atoms with Crippen LogP contribution < -0.4 is 5.56 Å². The standard InChI is InChI=1S/C15H18F3N5O/c1-3-23-7-10(9(2)21-23)6-22-5-4-12-11(8-22)13(24)20-14(19-12)15(16,17)18/h7H,3-6,8H2,1-2H3,(H,19,20,24). The summed E-state index contributed by atoms with van der Waals surface area (Å²) in [7, 11) is 0. The molecule has 1 aliphatic rings. The average molecular weight is 341 g/mol. The lowest BCUT2D eigenvalue weighted by Crippen LogP contribution is -2.36. The molecule has 6 nitrogen and oxygen atoms in total. The van der Waals surface area contributed by atoms with Crippen LogP contribution in [0.4, 0.5) is 13.2 Å². The number of rotatable bonds is 3. The van der Waals surface area contributed by atoms with E-state index >= 15 is 0 Å². The summed E-state index contributed by atoms with van der Waals surface area (Å²) in [6.45, 7) is 6.13. The molecule has 2 aromatic rings. The molecule has 0 unspecified atom stereocenters. The highest BCUT2D eigenvalue weighted by Gasteiger charge is 2.36. The van der Waals surface area contributed by atoms with Crippen molar-refractivity contribution in [2.24, 2.45) is 0 Å². The van der Waals surface area contributed by atoms with Crippen molar-refractivity contribution in [1.29, 1.82) is 0 Å². The summed E-state index contributed by atoms with van der Waals surface area (Å²) >= 11 is 0. The van der Waals surface area contributed by atoms with Crippen LogP contribution in [-0.4, -0.2) is 31.2 Å². The third-order valence-corrected chi connectivity index (χ3v) is 4.18. The largest absolute Gasteiger partial charge is 0.449 e. The van der Waals surface area contributed by atoms with Crippen LogP contribution >= 0.6 is 0 Å². The van der Waals surface area contributed by atoms with Crippen LogP contribution in [0.25, 0.3) is 0 Å². The predicted molar refractivity (Wildman–Crippen MR) is 80.3 cm³/mol. The lowest BCUT2D eigenvalue weighted by atomic mass is 10.1. The molecule has 0 amide bonds. The van der Waals surface area contributed by atoms with Crippen molar-refractivity contribution in [2.75, 3.05) is 6.54 Å². The highest BCUT2D eigenvalue weighted by molar-refractivity contribution is 5.23. The molecular formula is C15H18F3N5O. The van der Waals surface area contributed by atoms with Crippen LogP contribution in [0.1, 0.15) is 35.3 Å². The zero-order valence-corrected chi connectivity index (χ0v) is 13.4. The van der Waals surface area contributed by atoms with Gasteiger partial charge in [-0.1, -0.05) is 0 Å². The van der Waals surface area contributed by atoms with Crippen molar-refractivity contribution in [2.45, 2.75) is 46.1 Å². The molecule has 0 aliphatic carbocycles. The summed E-state index contributed by atoms with van der Waals surface area (Å²) in [5.41, 5.74) is 1.81. The van der Waals surface area contributed by atoms with E-state index in [4.69, 9.17) is 0 Å². The van der Waals surface area contributed by atoms with E-state index in [0.717, 1.165) is 17.8 Å². The first-order chi connectivity index (χ1) is 11.3. The van der Waals surface area contributed by atoms with Gasteiger partial charge in [0.2, 0.25) is 5.82 Å². The first-order valence-corrected chi connectivity index (χ1v) is 7.72. The number of nitrogens with one attached hydrogen (secondary N) is 1. The van der Waals surface area contributed by atoms with E-state index in [1.165, 1.54) is 0 Å². The normalized spacial score (nSPS) is 15.5. The second-order valence-electron chi connectivity index (χ2n) is 5.89. The Morgan fingerprint density at radius 2 is 2.12 bits per heavy atom. The Kier molecular flexibility index (Phi) is 4.20. The van der Waals surface area contributed by atoms with E-state index in [1.807, 2.05) is 34.6 Å². The second-order valence-corrected chi connectivity index (χ2v) is 5.89. The number of fused-ring (bicyclic) bond motifs is 1. The predicted octanol–water partition coefficient (Wildman–Crippen LogP) is 1.87. The molecule has 0 fully saturated rings. The number of aromatic amines is 1. The SMILES string of the molecule is CCn1cc(CN2CCc3nc(C(F)(F)F)[nH]c(=O)c3C2)c(C)n1. The number of nitrogens with zero attached hydrogens (tertiary/aromatic N) is 4. The van der Waals surface area contributed by atoms with Crippen molar-refractivity contribution in [1.82, 2.24) is 24.6 Å². The van der Waals surface area contributed by atoms with E-state index in [9.17, 15) is 18.0 Å². The Bertz CT molecular complexity index is 808. The lowest BCUT2D eigenvalue weighted by Gasteiger charge is -2.27. The molecule has 1 N–H and O–H groups in total. The molecule has 3 heterocycles. The Balaban J connectivity index is 1.82. The fourth-order valence-corrected chi connectivity index (χ4v) is 2.87. The van der Waals surface area contributed by atoms with Gasteiger partial charge in [0.05, 0.1) is 17.0 Å². The summed E-state index contributed by atoms with van der Waals surface area (Å²) in [4.78, 5) is 19.5. The van der Waals surface area contributed by atoms with Gasteiger partial charge in [-0.25, -0.2) is 4.98 Å². The second kappa shape index (κ2) is 6.04. The van der Waals surface area contributed by atoms with E-state index in [1.54, 1.807) is 0 Å². The van der Waals surface area contributed by atoms with Crippen molar-refractivity contribution in [3.8, 4) is 0 Å². The zero-order valence-electron chi connectivity index (χ0n) is 13.4. The average Bonchev–Trinajstić information content (AvgIpc) is 2.87. The summed E-state index contributed by atoms with van der Waals surface area (Å²) < 4.78 is 40.0. The molecule has 130 valence electrons. The Morgan fingerprint density at radius 1 is 1.38 bits per heavy atom. The van der Waals surface area contributed by atoms with Gasteiger partial charge in [-0.05, 0) is 13.8 Å². The number of halogens is 3. The van der Waals surface area contributed by atoms with Crippen LogP contribution in [0.2, 0.25) is 0 Å². The first-order valence-electron chi connectivity index (χ1n) is 7.72. The molecule has 0 bridgehead atoms. The molecule has 9 heteroatoms. The molecule has 0 aromatic carbocycles. The molecule has 2 aromatic heterocycles. The molecule has 1 aliphatic heterocycles. The van der Waals surface area contributed by atoms with Gasteiger partial charge in [-0.3, -0.25) is 14.4 Å². The highest BCUT2D eigenvalue weighted by Crippen LogP contribution is 2.26. The molecule has 0 radical (unpaired) electrons. The van der Waals surface area contributed by atoms with E-state index in [-0.39, 0.29) is 12.2 Å². The van der Waals surface area contributed by atoms with Crippen molar-refractivity contribution >= 4 is 0 Å². The molecular weight excluding hydrogens is 323 g/mol. The molecule has 0 saturated heterocycles. The van der Waals surface area contributed by atoms with Crippen molar-refractivity contribution in [3.63, 3.8) is 0 Å². The first kappa shape index (κ1) is 16.7. The van der Waals surface area contributed by atoms with Gasteiger partial charge < -0.3 is 4.98 Å². The molecule has 0 saturated carbocycles. The topological polar surface area (TPSA) is 66.8 Å². The van der Waals surface area contributed by atoms with E-state index < -0.39 is 17.6 Å². The van der Waals surface area contributed by atoms with E-state index in [0.29, 0.717) is 25.1 Å².